The second-order valence-electron chi connectivity index (χ2n) is 6.76. The fraction of sp³-hybridized carbons (Fsp3) is 0.450. The maximum Gasteiger partial charge on any atom is 0.240 e. The van der Waals surface area contributed by atoms with Crippen LogP contribution in [0.1, 0.15) is 50.5 Å². The van der Waals surface area contributed by atoms with E-state index in [2.05, 4.69) is 20.7 Å². The topological polar surface area (TPSA) is 79.4 Å². The molecule has 1 aromatic carbocycles. The number of aromatic nitrogens is 2. The third-order valence-corrected chi connectivity index (χ3v) is 4.94. The van der Waals surface area contributed by atoms with E-state index in [1.807, 2.05) is 24.3 Å². The Bertz CT molecular complexity index is 731. The molecule has 1 saturated carbocycles. The lowest BCUT2D eigenvalue weighted by Gasteiger charge is -2.20. The number of hydrazone groups is 1. The molecule has 0 unspecified atom stereocenters. The van der Waals surface area contributed by atoms with Gasteiger partial charge in [0.05, 0.1) is 25.2 Å². The average molecular weight is 354 g/mol. The van der Waals surface area contributed by atoms with Crippen molar-refractivity contribution >= 4 is 12.1 Å². The zero-order valence-corrected chi connectivity index (χ0v) is 15.2. The van der Waals surface area contributed by atoms with Gasteiger partial charge in [-0.15, -0.1) is 0 Å². The lowest BCUT2D eigenvalue weighted by molar-refractivity contribution is -0.121. The molecule has 6 nitrogen and oxygen atoms in total. The third-order valence-electron chi connectivity index (χ3n) is 4.94. The highest BCUT2D eigenvalue weighted by molar-refractivity contribution is 5.89. The van der Waals surface area contributed by atoms with Crippen LogP contribution in [-0.2, 0) is 4.79 Å². The number of carbonyl (C=O) groups is 1. The molecule has 1 heterocycles. The fourth-order valence-electron chi connectivity index (χ4n) is 3.42. The first-order valence-electron chi connectivity index (χ1n) is 9.26. The number of rotatable bonds is 7. The first-order chi connectivity index (χ1) is 12.8. The molecular weight excluding hydrogens is 328 g/mol. The summed E-state index contributed by atoms with van der Waals surface area (Å²) in [6, 6.07) is 7.69. The quantitative estimate of drug-likeness (QED) is 0.585. The van der Waals surface area contributed by atoms with Gasteiger partial charge >= 0.3 is 0 Å². The first-order valence-corrected chi connectivity index (χ1v) is 9.26. The van der Waals surface area contributed by atoms with Crippen molar-refractivity contribution in [1.29, 1.82) is 0 Å². The Morgan fingerprint density at radius 1 is 1.31 bits per heavy atom. The van der Waals surface area contributed by atoms with E-state index in [1.165, 1.54) is 32.1 Å². The molecule has 1 amide bonds. The SMILES string of the molecule is COc1ccc(-c2[nH]ncc2/C=N\NC(=O)CCC2CCCCC2)cc1. The van der Waals surface area contributed by atoms with Gasteiger partial charge in [0, 0.05) is 17.5 Å². The summed E-state index contributed by atoms with van der Waals surface area (Å²) < 4.78 is 5.18. The average Bonchev–Trinajstić information content (AvgIpc) is 3.16. The summed E-state index contributed by atoms with van der Waals surface area (Å²) >= 11 is 0. The van der Waals surface area contributed by atoms with Gasteiger partial charge in [0.15, 0.2) is 0 Å². The number of aromatic amines is 1. The Kier molecular flexibility index (Phi) is 6.41. The Morgan fingerprint density at radius 3 is 2.81 bits per heavy atom. The third kappa shape index (κ3) is 4.94. The molecule has 1 aliphatic carbocycles. The van der Waals surface area contributed by atoms with Crippen molar-refractivity contribution in [3.05, 3.63) is 36.0 Å². The van der Waals surface area contributed by atoms with Crippen molar-refractivity contribution in [3.63, 3.8) is 0 Å². The van der Waals surface area contributed by atoms with E-state index in [1.54, 1.807) is 19.5 Å². The molecule has 0 radical (unpaired) electrons. The number of nitrogens with zero attached hydrogens (tertiary/aromatic N) is 2. The van der Waals surface area contributed by atoms with E-state index >= 15 is 0 Å². The van der Waals surface area contributed by atoms with Crippen LogP contribution in [0.2, 0.25) is 0 Å². The lowest BCUT2D eigenvalue weighted by atomic mass is 9.86. The number of ether oxygens (including phenoxy) is 1. The molecule has 1 aliphatic rings. The molecule has 3 rings (SSSR count). The van der Waals surface area contributed by atoms with Crippen molar-refractivity contribution in [1.82, 2.24) is 15.6 Å². The zero-order valence-electron chi connectivity index (χ0n) is 15.2. The monoisotopic (exact) mass is 354 g/mol. The predicted octanol–water partition coefficient (Wildman–Crippen LogP) is 3.90. The predicted molar refractivity (Wildman–Crippen MR) is 102 cm³/mol. The van der Waals surface area contributed by atoms with Gasteiger partial charge < -0.3 is 4.74 Å². The molecule has 138 valence electrons. The minimum atomic E-state index is -0.0266. The maximum atomic E-state index is 12.0. The van der Waals surface area contributed by atoms with Crippen molar-refractivity contribution in [2.24, 2.45) is 11.0 Å². The summed E-state index contributed by atoms with van der Waals surface area (Å²) in [5.41, 5.74) is 5.28. The van der Waals surface area contributed by atoms with Crippen molar-refractivity contribution < 1.29 is 9.53 Å². The highest BCUT2D eigenvalue weighted by Gasteiger charge is 2.14. The largest absolute Gasteiger partial charge is 0.497 e. The minimum absolute atomic E-state index is 0.0266. The summed E-state index contributed by atoms with van der Waals surface area (Å²) in [5.74, 6) is 1.48. The normalized spacial score (nSPS) is 15.3. The standard InChI is InChI=1S/C20H26N4O2/c1-26-18-10-8-16(9-11-18)20-17(14-22-24-20)13-21-23-19(25)12-7-15-5-3-2-4-6-15/h8-11,13-15H,2-7,12H2,1H3,(H,22,24)(H,23,25)/b21-13-. The van der Waals surface area contributed by atoms with Gasteiger partial charge in [0.25, 0.3) is 0 Å². The smallest absolute Gasteiger partial charge is 0.240 e. The Labute approximate surface area is 154 Å². The highest BCUT2D eigenvalue weighted by atomic mass is 16.5. The van der Waals surface area contributed by atoms with Crippen LogP contribution in [0.4, 0.5) is 0 Å². The first kappa shape index (κ1) is 18.2. The van der Waals surface area contributed by atoms with E-state index in [9.17, 15) is 4.79 Å². The molecule has 0 atom stereocenters. The number of carbonyl (C=O) groups excluding carboxylic acids is 1. The van der Waals surface area contributed by atoms with E-state index < -0.39 is 0 Å². The van der Waals surface area contributed by atoms with E-state index in [-0.39, 0.29) is 5.91 Å². The molecule has 0 aliphatic heterocycles. The van der Waals surface area contributed by atoms with Gasteiger partial charge in [0.1, 0.15) is 5.75 Å². The van der Waals surface area contributed by atoms with Gasteiger partial charge in [-0.1, -0.05) is 32.1 Å². The van der Waals surface area contributed by atoms with Crippen LogP contribution in [0.3, 0.4) is 0 Å². The van der Waals surface area contributed by atoms with Crippen molar-refractivity contribution in [2.75, 3.05) is 7.11 Å². The van der Waals surface area contributed by atoms with Crippen molar-refractivity contribution in [2.45, 2.75) is 44.9 Å². The van der Waals surface area contributed by atoms with E-state index in [0.29, 0.717) is 12.3 Å². The molecule has 0 bridgehead atoms. The number of hydrogen-bond donors (Lipinski definition) is 2. The van der Waals surface area contributed by atoms with Crippen LogP contribution in [0.5, 0.6) is 5.75 Å². The number of methoxy groups -OCH3 is 1. The van der Waals surface area contributed by atoms with Crippen LogP contribution >= 0.6 is 0 Å². The van der Waals surface area contributed by atoms with Gasteiger partial charge in [0.2, 0.25) is 5.91 Å². The minimum Gasteiger partial charge on any atom is -0.497 e. The Balaban J connectivity index is 1.52. The Hall–Kier alpha value is -2.63. The molecule has 1 aromatic heterocycles. The summed E-state index contributed by atoms with van der Waals surface area (Å²) in [7, 11) is 1.64. The summed E-state index contributed by atoms with van der Waals surface area (Å²) in [6.45, 7) is 0. The van der Waals surface area contributed by atoms with Gasteiger partial charge in [-0.3, -0.25) is 9.89 Å². The van der Waals surface area contributed by atoms with Crippen LogP contribution < -0.4 is 10.2 Å². The summed E-state index contributed by atoms with van der Waals surface area (Å²) in [4.78, 5) is 12.0. The van der Waals surface area contributed by atoms with Crippen LogP contribution in [0.15, 0.2) is 35.6 Å². The van der Waals surface area contributed by atoms with Crippen LogP contribution in [-0.4, -0.2) is 29.4 Å². The number of benzene rings is 1. The number of amides is 1. The van der Waals surface area contributed by atoms with Gasteiger partial charge in [-0.25, -0.2) is 5.43 Å². The van der Waals surface area contributed by atoms with Crippen molar-refractivity contribution in [3.8, 4) is 17.0 Å². The second-order valence-corrected chi connectivity index (χ2v) is 6.76. The fourth-order valence-corrected chi connectivity index (χ4v) is 3.42. The maximum absolute atomic E-state index is 12.0. The van der Waals surface area contributed by atoms with E-state index in [0.717, 1.165) is 29.0 Å². The zero-order chi connectivity index (χ0) is 18.2. The highest BCUT2D eigenvalue weighted by Crippen LogP contribution is 2.27. The summed E-state index contributed by atoms with van der Waals surface area (Å²) in [6.07, 6.45) is 11.3. The van der Waals surface area contributed by atoms with Crippen LogP contribution in [0, 0.1) is 5.92 Å². The molecule has 2 N–H and O–H groups in total. The number of nitrogens with one attached hydrogen (secondary N) is 2. The second kappa shape index (κ2) is 9.17. The van der Waals surface area contributed by atoms with Gasteiger partial charge in [-0.05, 0) is 36.6 Å². The molecule has 26 heavy (non-hydrogen) atoms. The van der Waals surface area contributed by atoms with E-state index in [4.69, 9.17) is 4.74 Å². The van der Waals surface area contributed by atoms with Gasteiger partial charge in [-0.2, -0.15) is 10.2 Å². The molecule has 0 saturated heterocycles. The molecule has 1 fully saturated rings. The van der Waals surface area contributed by atoms with Crippen LogP contribution in [0.25, 0.3) is 11.3 Å². The summed E-state index contributed by atoms with van der Waals surface area (Å²) in [5, 5.41) is 11.1. The molecule has 0 spiro atoms. The number of hydrogen-bond acceptors (Lipinski definition) is 4. The molecule has 6 heteroatoms. The molecular formula is C20H26N4O2. The number of H-pyrrole nitrogens is 1. The molecule has 2 aromatic rings. The Morgan fingerprint density at radius 2 is 2.08 bits per heavy atom. The lowest BCUT2D eigenvalue weighted by Crippen LogP contribution is -2.19.